The van der Waals surface area contributed by atoms with Gasteiger partial charge in [-0.25, -0.2) is 19.9 Å². The molecule has 3 heterocycles. The molecule has 4 rings (SSSR count). The van der Waals surface area contributed by atoms with Crippen LogP contribution in [-0.4, -0.2) is 65.0 Å². The van der Waals surface area contributed by atoms with E-state index in [9.17, 15) is 4.57 Å². The number of benzene rings is 1. The second kappa shape index (κ2) is 11.4. The predicted octanol–water partition coefficient (Wildman–Crippen LogP) is 4.77. The lowest BCUT2D eigenvalue weighted by atomic mass is 9.94. The fourth-order valence-corrected chi connectivity index (χ4v) is 5.32. The number of likely N-dealkylation sites (tertiary alicyclic amines) is 1. The standard InChI is InChI=1S/C22H29ClN7O3P/c1-32-34(31,33-2)15-30-10-7-16(8-11-30)6-9-24-22-25-13-19-20(29-22)21(27-14-26-19)28-18-5-3-4-17(23)12-18/h3-5,12-14,16H,6-11,15H2,1-2H3,(H,24,25,29)(H,26,27,28). The van der Waals surface area contributed by atoms with Crippen LogP contribution in [0.5, 0.6) is 0 Å². The molecule has 0 saturated carbocycles. The van der Waals surface area contributed by atoms with Crippen molar-refractivity contribution in [2.45, 2.75) is 19.3 Å². The first-order valence-corrected chi connectivity index (χ1v) is 13.3. The average molecular weight is 506 g/mol. The van der Waals surface area contributed by atoms with Crippen molar-refractivity contribution in [3.63, 3.8) is 0 Å². The zero-order chi connectivity index (χ0) is 24.0. The van der Waals surface area contributed by atoms with Gasteiger partial charge in [0.2, 0.25) is 5.95 Å². The number of hydrogen-bond donors (Lipinski definition) is 2. The summed E-state index contributed by atoms with van der Waals surface area (Å²) in [4.78, 5) is 19.8. The molecule has 0 unspecified atom stereocenters. The molecule has 12 heteroatoms. The zero-order valence-corrected chi connectivity index (χ0v) is 20.9. The molecule has 0 aliphatic carbocycles. The number of hydrogen-bond acceptors (Lipinski definition) is 10. The highest BCUT2D eigenvalue weighted by molar-refractivity contribution is 7.53. The SMILES string of the molecule is COP(=O)(CN1CCC(CCNc2ncc3ncnc(Nc4cccc(Cl)c4)c3n2)CC1)OC. The summed E-state index contributed by atoms with van der Waals surface area (Å²) in [6, 6.07) is 7.42. The number of nitrogens with one attached hydrogen (secondary N) is 2. The Morgan fingerprint density at radius 1 is 1.18 bits per heavy atom. The Balaban J connectivity index is 1.32. The summed E-state index contributed by atoms with van der Waals surface area (Å²) in [5.41, 5.74) is 2.11. The van der Waals surface area contributed by atoms with Gasteiger partial charge in [0.25, 0.3) is 0 Å². The number of halogens is 1. The van der Waals surface area contributed by atoms with Crippen molar-refractivity contribution in [2.24, 2.45) is 5.92 Å². The summed E-state index contributed by atoms with van der Waals surface area (Å²) in [5.74, 6) is 1.71. The molecule has 0 atom stereocenters. The Bertz CT molecular complexity index is 1150. The third-order valence-electron chi connectivity index (χ3n) is 5.94. The van der Waals surface area contributed by atoms with E-state index in [4.69, 9.17) is 20.6 Å². The largest absolute Gasteiger partial charge is 0.354 e. The van der Waals surface area contributed by atoms with Crippen molar-refractivity contribution in [1.82, 2.24) is 24.8 Å². The molecule has 0 radical (unpaired) electrons. The van der Waals surface area contributed by atoms with Crippen LogP contribution in [0.4, 0.5) is 17.5 Å². The topological polar surface area (TPSA) is 114 Å². The summed E-state index contributed by atoms with van der Waals surface area (Å²) in [5, 5.41) is 7.22. The maximum Gasteiger partial charge on any atom is 0.344 e. The van der Waals surface area contributed by atoms with Crippen LogP contribution in [0.15, 0.2) is 36.8 Å². The first-order valence-electron chi connectivity index (χ1n) is 11.1. The lowest BCUT2D eigenvalue weighted by Crippen LogP contribution is -2.35. The fraction of sp³-hybridized carbons (Fsp3) is 0.455. The van der Waals surface area contributed by atoms with E-state index in [1.54, 1.807) is 6.20 Å². The molecule has 10 nitrogen and oxygen atoms in total. The zero-order valence-electron chi connectivity index (χ0n) is 19.3. The molecule has 2 N–H and O–H groups in total. The van der Waals surface area contributed by atoms with Gasteiger partial charge < -0.3 is 19.7 Å². The van der Waals surface area contributed by atoms with Gasteiger partial charge in [0.1, 0.15) is 23.6 Å². The van der Waals surface area contributed by atoms with E-state index in [0.29, 0.717) is 40.0 Å². The number of aromatic nitrogens is 4. The van der Waals surface area contributed by atoms with Crippen LogP contribution < -0.4 is 10.6 Å². The highest BCUT2D eigenvalue weighted by atomic mass is 35.5. The predicted molar refractivity (Wildman–Crippen MR) is 134 cm³/mol. The van der Waals surface area contributed by atoms with Crippen LogP contribution in [-0.2, 0) is 13.6 Å². The summed E-state index contributed by atoms with van der Waals surface area (Å²) < 4.78 is 22.4. The summed E-state index contributed by atoms with van der Waals surface area (Å²) in [6.45, 7) is 2.52. The van der Waals surface area contributed by atoms with Gasteiger partial charge in [-0.1, -0.05) is 17.7 Å². The van der Waals surface area contributed by atoms with E-state index >= 15 is 0 Å². The molecule has 1 fully saturated rings. The summed E-state index contributed by atoms with van der Waals surface area (Å²) in [7, 11) is -0.144. The van der Waals surface area contributed by atoms with Crippen molar-refractivity contribution in [3.05, 3.63) is 41.8 Å². The molecule has 1 aromatic carbocycles. The van der Waals surface area contributed by atoms with E-state index in [2.05, 4.69) is 35.5 Å². The molecule has 0 bridgehead atoms. The molecule has 1 aliphatic heterocycles. The van der Waals surface area contributed by atoms with Gasteiger partial charge in [-0.05, 0) is 56.5 Å². The van der Waals surface area contributed by atoms with Crippen molar-refractivity contribution in [1.29, 1.82) is 0 Å². The van der Waals surface area contributed by atoms with Crippen LogP contribution >= 0.6 is 19.2 Å². The van der Waals surface area contributed by atoms with Crippen LogP contribution in [0, 0.1) is 5.92 Å². The highest BCUT2D eigenvalue weighted by Gasteiger charge is 2.28. The summed E-state index contributed by atoms with van der Waals surface area (Å²) in [6.07, 6.45) is 6.59. The maximum absolute atomic E-state index is 12.3. The number of fused-ring (bicyclic) bond motifs is 1. The third kappa shape index (κ3) is 6.40. The molecular weight excluding hydrogens is 477 g/mol. The van der Waals surface area contributed by atoms with Crippen molar-refractivity contribution < 1.29 is 13.6 Å². The Morgan fingerprint density at radius 3 is 2.71 bits per heavy atom. The maximum atomic E-state index is 12.3. The van der Waals surface area contributed by atoms with Gasteiger partial charge in [-0.2, -0.15) is 0 Å². The molecule has 34 heavy (non-hydrogen) atoms. The van der Waals surface area contributed by atoms with Gasteiger partial charge in [-0.15, -0.1) is 0 Å². The number of anilines is 3. The first-order chi connectivity index (χ1) is 16.5. The van der Waals surface area contributed by atoms with E-state index in [1.807, 2.05) is 24.3 Å². The lowest BCUT2D eigenvalue weighted by molar-refractivity contribution is 0.181. The summed E-state index contributed by atoms with van der Waals surface area (Å²) >= 11 is 6.09. The molecule has 0 spiro atoms. The Kier molecular flexibility index (Phi) is 8.28. The van der Waals surface area contributed by atoms with Gasteiger partial charge in [0.15, 0.2) is 5.82 Å². The minimum Gasteiger partial charge on any atom is -0.354 e. The Morgan fingerprint density at radius 2 is 1.97 bits per heavy atom. The monoisotopic (exact) mass is 505 g/mol. The van der Waals surface area contributed by atoms with Crippen molar-refractivity contribution in [3.8, 4) is 0 Å². The minimum absolute atomic E-state index is 0.337. The Labute approximate surface area is 204 Å². The number of piperidine rings is 1. The normalized spacial score (nSPS) is 15.5. The fourth-order valence-electron chi connectivity index (χ4n) is 3.97. The van der Waals surface area contributed by atoms with Crippen LogP contribution in [0.25, 0.3) is 11.0 Å². The van der Waals surface area contributed by atoms with Gasteiger partial charge in [0, 0.05) is 31.5 Å². The van der Waals surface area contributed by atoms with Gasteiger partial charge in [0.05, 0.1) is 6.20 Å². The van der Waals surface area contributed by atoms with E-state index in [1.165, 1.54) is 20.5 Å². The smallest absolute Gasteiger partial charge is 0.344 e. The van der Waals surface area contributed by atoms with E-state index < -0.39 is 7.60 Å². The molecule has 3 aromatic rings. The number of rotatable bonds is 10. The molecule has 182 valence electrons. The van der Waals surface area contributed by atoms with Crippen molar-refractivity contribution >= 4 is 47.7 Å². The van der Waals surface area contributed by atoms with Crippen LogP contribution in [0.1, 0.15) is 19.3 Å². The van der Waals surface area contributed by atoms with E-state index in [0.717, 1.165) is 44.6 Å². The molecule has 1 aliphatic rings. The van der Waals surface area contributed by atoms with Crippen LogP contribution in [0.3, 0.4) is 0 Å². The Hall–Kier alpha value is -2.36. The van der Waals surface area contributed by atoms with E-state index in [-0.39, 0.29) is 0 Å². The van der Waals surface area contributed by atoms with Crippen molar-refractivity contribution in [2.75, 3.05) is 50.8 Å². The van der Waals surface area contributed by atoms with Gasteiger partial charge >= 0.3 is 7.60 Å². The molecule has 0 amide bonds. The lowest BCUT2D eigenvalue weighted by Gasteiger charge is -2.33. The second-order valence-electron chi connectivity index (χ2n) is 8.18. The number of nitrogens with zero attached hydrogens (tertiary/aromatic N) is 5. The molecule has 2 aromatic heterocycles. The third-order valence-corrected chi connectivity index (χ3v) is 8.03. The first kappa shape index (κ1) is 24.8. The second-order valence-corrected chi connectivity index (χ2v) is 10.9. The van der Waals surface area contributed by atoms with Gasteiger partial charge in [-0.3, -0.25) is 9.46 Å². The molecular formula is C22H29ClN7O3P. The molecule has 1 saturated heterocycles. The van der Waals surface area contributed by atoms with Crippen LogP contribution in [0.2, 0.25) is 5.02 Å². The highest BCUT2D eigenvalue weighted by Crippen LogP contribution is 2.47. The average Bonchev–Trinajstić information content (AvgIpc) is 2.85. The quantitative estimate of drug-likeness (QED) is 0.373. The minimum atomic E-state index is -3.00.